The molecule has 2 heterocycles. The Morgan fingerprint density at radius 2 is 1.06 bits per heavy atom. The molecular weight excluding hydrogens is 661 g/mol. The minimum atomic E-state index is -0.151. The average molecular weight is 693 g/mol. The SMILES string of the molecule is CC1(C)c2ccccc2-c2c1cc1c(sc3ccc4ccccc4c31)c2-c1c2ccccc2c(-c2ccc3oc4ccccc4c3c2)c2ccccc12. The fourth-order valence-electron chi connectivity index (χ4n) is 9.67. The summed E-state index contributed by atoms with van der Waals surface area (Å²) >= 11 is 1.95. The molecule has 0 fully saturated rings. The van der Waals surface area contributed by atoms with Gasteiger partial charge in [0.15, 0.2) is 0 Å². The van der Waals surface area contributed by atoms with Crippen LogP contribution in [0.15, 0.2) is 162 Å². The first-order chi connectivity index (χ1) is 26.1. The lowest BCUT2D eigenvalue weighted by molar-refractivity contribution is 0.661. The Labute approximate surface area is 310 Å². The molecule has 1 nitrogen and oxygen atoms in total. The van der Waals surface area contributed by atoms with Gasteiger partial charge in [0.25, 0.3) is 0 Å². The predicted octanol–water partition coefficient (Wildman–Crippen LogP) is 15.1. The molecule has 53 heavy (non-hydrogen) atoms. The van der Waals surface area contributed by atoms with Crippen molar-refractivity contribution in [1.82, 2.24) is 0 Å². The molecule has 0 aliphatic heterocycles. The van der Waals surface area contributed by atoms with Gasteiger partial charge in [-0.1, -0.05) is 141 Å². The first-order valence-electron chi connectivity index (χ1n) is 18.4. The monoisotopic (exact) mass is 692 g/mol. The van der Waals surface area contributed by atoms with Gasteiger partial charge >= 0.3 is 0 Å². The van der Waals surface area contributed by atoms with Crippen LogP contribution in [0, 0.1) is 0 Å². The molecule has 0 amide bonds. The highest BCUT2D eigenvalue weighted by atomic mass is 32.1. The van der Waals surface area contributed by atoms with E-state index in [4.69, 9.17) is 4.42 Å². The molecule has 0 spiro atoms. The molecule has 1 aliphatic rings. The van der Waals surface area contributed by atoms with E-state index in [9.17, 15) is 0 Å². The van der Waals surface area contributed by atoms with Crippen LogP contribution in [-0.4, -0.2) is 0 Å². The lowest BCUT2D eigenvalue weighted by atomic mass is 9.79. The van der Waals surface area contributed by atoms with Crippen molar-refractivity contribution in [1.29, 1.82) is 0 Å². The molecule has 9 aromatic carbocycles. The maximum Gasteiger partial charge on any atom is 0.135 e. The maximum absolute atomic E-state index is 6.28. The Kier molecular flexibility index (Phi) is 5.78. The Balaban J connectivity index is 1.28. The van der Waals surface area contributed by atoms with Crippen LogP contribution in [0.3, 0.4) is 0 Å². The summed E-state index contributed by atoms with van der Waals surface area (Å²) in [6.07, 6.45) is 0. The highest BCUT2D eigenvalue weighted by Gasteiger charge is 2.39. The minimum absolute atomic E-state index is 0.151. The number of thiophene rings is 1. The van der Waals surface area contributed by atoms with E-state index in [0.29, 0.717) is 0 Å². The number of hydrogen-bond donors (Lipinski definition) is 0. The number of fused-ring (bicyclic) bond motifs is 13. The number of rotatable bonds is 2. The van der Waals surface area contributed by atoms with Crippen LogP contribution in [0.4, 0.5) is 0 Å². The summed E-state index contributed by atoms with van der Waals surface area (Å²) < 4.78 is 8.97. The zero-order valence-corrected chi connectivity index (χ0v) is 30.1. The van der Waals surface area contributed by atoms with Crippen molar-refractivity contribution >= 4 is 85.8 Å². The lowest BCUT2D eigenvalue weighted by Gasteiger charge is -2.23. The first kappa shape index (κ1) is 29.4. The van der Waals surface area contributed by atoms with Crippen LogP contribution in [0.2, 0.25) is 0 Å². The minimum Gasteiger partial charge on any atom is -0.456 e. The van der Waals surface area contributed by atoms with Gasteiger partial charge < -0.3 is 4.42 Å². The van der Waals surface area contributed by atoms with Crippen molar-refractivity contribution in [2.24, 2.45) is 0 Å². The molecular formula is C51H32OS. The zero-order valence-electron chi connectivity index (χ0n) is 29.3. The third-order valence-corrected chi connectivity index (χ3v) is 13.2. The Hall–Kier alpha value is -6.22. The van der Waals surface area contributed by atoms with Crippen LogP contribution in [0.1, 0.15) is 25.0 Å². The Bertz CT molecular complexity index is 3320. The second kappa shape index (κ2) is 10.4. The molecule has 2 aromatic heterocycles. The number of para-hydroxylation sites is 1. The van der Waals surface area contributed by atoms with E-state index >= 15 is 0 Å². The third kappa shape index (κ3) is 3.86. The zero-order chi connectivity index (χ0) is 35.0. The summed E-state index contributed by atoms with van der Waals surface area (Å²) in [6.45, 7) is 4.82. The maximum atomic E-state index is 6.28. The van der Waals surface area contributed by atoms with E-state index in [0.717, 1.165) is 21.9 Å². The highest BCUT2D eigenvalue weighted by Crippen LogP contribution is 2.59. The van der Waals surface area contributed by atoms with Gasteiger partial charge in [0.1, 0.15) is 11.2 Å². The predicted molar refractivity (Wildman–Crippen MR) is 228 cm³/mol. The second-order valence-electron chi connectivity index (χ2n) is 15.1. The lowest BCUT2D eigenvalue weighted by Crippen LogP contribution is -2.14. The molecule has 11 aromatic rings. The Morgan fingerprint density at radius 1 is 0.434 bits per heavy atom. The topological polar surface area (TPSA) is 13.1 Å². The van der Waals surface area contributed by atoms with Gasteiger partial charge in [-0.2, -0.15) is 0 Å². The van der Waals surface area contributed by atoms with Crippen LogP contribution >= 0.6 is 11.3 Å². The van der Waals surface area contributed by atoms with Gasteiger partial charge in [-0.25, -0.2) is 0 Å². The Morgan fingerprint density at radius 3 is 1.83 bits per heavy atom. The fraction of sp³-hybridized carbons (Fsp3) is 0.0588. The van der Waals surface area contributed by atoms with E-state index in [1.54, 1.807) is 0 Å². The highest BCUT2D eigenvalue weighted by molar-refractivity contribution is 7.26. The van der Waals surface area contributed by atoms with Gasteiger partial charge in [0.2, 0.25) is 0 Å². The fourth-order valence-corrected chi connectivity index (χ4v) is 10.9. The summed E-state index contributed by atoms with van der Waals surface area (Å²) in [7, 11) is 0. The largest absolute Gasteiger partial charge is 0.456 e. The van der Waals surface area contributed by atoms with Crippen LogP contribution in [0.25, 0.3) is 108 Å². The van der Waals surface area contributed by atoms with Crippen LogP contribution in [-0.2, 0) is 5.41 Å². The van der Waals surface area contributed by atoms with Crippen LogP contribution < -0.4 is 0 Å². The molecule has 0 radical (unpaired) electrons. The van der Waals surface area contributed by atoms with Gasteiger partial charge in [0.05, 0.1) is 0 Å². The summed E-state index contributed by atoms with van der Waals surface area (Å²) in [5.74, 6) is 0. The number of furan rings is 1. The average Bonchev–Trinajstić information content (AvgIpc) is 3.84. The van der Waals surface area contributed by atoms with E-state index in [1.807, 2.05) is 17.4 Å². The number of hydrogen-bond acceptors (Lipinski definition) is 2. The number of benzene rings is 9. The van der Waals surface area contributed by atoms with Crippen molar-refractivity contribution in [2.45, 2.75) is 19.3 Å². The van der Waals surface area contributed by atoms with E-state index in [1.165, 1.54) is 97.0 Å². The molecule has 1 aliphatic carbocycles. The molecule has 0 N–H and O–H groups in total. The third-order valence-electron chi connectivity index (χ3n) is 12.0. The summed E-state index contributed by atoms with van der Waals surface area (Å²) in [4.78, 5) is 0. The summed E-state index contributed by atoms with van der Waals surface area (Å²) in [5, 5.41) is 12.7. The molecule has 2 heteroatoms. The van der Waals surface area contributed by atoms with E-state index in [-0.39, 0.29) is 5.41 Å². The molecule has 12 rings (SSSR count). The smallest absolute Gasteiger partial charge is 0.135 e. The summed E-state index contributed by atoms with van der Waals surface area (Å²) in [5.41, 5.74) is 12.4. The standard InChI is InChI=1S/C51H32OS/c1-51(2)40-21-11-9-20-37(40)48-41(51)28-39-46-31-14-4-3-13-29(31)24-26-44(46)53-50(39)49(48)47-35-18-7-5-16-33(35)45(34-17-6-8-19-36(34)47)30-23-25-43-38(27-30)32-15-10-12-22-42(32)52-43/h3-28H,1-2H3. The molecule has 0 atom stereocenters. The van der Waals surface area contributed by atoms with Gasteiger partial charge in [-0.15, -0.1) is 11.3 Å². The van der Waals surface area contributed by atoms with E-state index in [2.05, 4.69) is 166 Å². The van der Waals surface area contributed by atoms with Crippen molar-refractivity contribution in [3.05, 3.63) is 169 Å². The van der Waals surface area contributed by atoms with Gasteiger partial charge in [-0.05, 0) is 102 Å². The van der Waals surface area contributed by atoms with Crippen molar-refractivity contribution in [3.63, 3.8) is 0 Å². The van der Waals surface area contributed by atoms with Crippen molar-refractivity contribution in [2.75, 3.05) is 0 Å². The molecule has 0 saturated carbocycles. The van der Waals surface area contributed by atoms with Gasteiger partial charge in [0, 0.05) is 41.9 Å². The second-order valence-corrected chi connectivity index (χ2v) is 16.2. The van der Waals surface area contributed by atoms with Crippen molar-refractivity contribution in [3.8, 4) is 33.4 Å². The quantitative estimate of drug-likeness (QED) is 0.164. The molecule has 0 unspecified atom stereocenters. The molecule has 248 valence electrons. The van der Waals surface area contributed by atoms with Crippen LogP contribution in [0.5, 0.6) is 0 Å². The molecule has 0 saturated heterocycles. The normalized spacial score (nSPS) is 13.6. The van der Waals surface area contributed by atoms with Gasteiger partial charge in [-0.3, -0.25) is 0 Å². The first-order valence-corrected chi connectivity index (χ1v) is 19.2. The van der Waals surface area contributed by atoms with Crippen molar-refractivity contribution < 1.29 is 4.42 Å². The molecule has 0 bridgehead atoms. The summed E-state index contributed by atoms with van der Waals surface area (Å²) in [6, 6.07) is 58.5. The van der Waals surface area contributed by atoms with E-state index < -0.39 is 0 Å².